The van der Waals surface area contributed by atoms with Crippen LogP contribution < -0.4 is 10.6 Å². The topological polar surface area (TPSA) is 24.1 Å². The summed E-state index contributed by atoms with van der Waals surface area (Å²) in [6.45, 7) is 1.21. The molecule has 2 nitrogen and oxygen atoms in total. The van der Waals surface area contributed by atoms with Crippen molar-refractivity contribution in [3.8, 4) is 0 Å². The Balaban J connectivity index is 1.67. The molecule has 2 fully saturated rings. The maximum atomic E-state index is 3.74. The van der Waals surface area contributed by atoms with Gasteiger partial charge in [-0.05, 0) is 56.3 Å². The Kier molecular flexibility index (Phi) is 3.90. The molecule has 2 N–H and O–H groups in total. The van der Waals surface area contributed by atoms with Crippen molar-refractivity contribution < 1.29 is 0 Å². The highest BCUT2D eigenvalue weighted by Crippen LogP contribution is 2.34. The monoisotopic (exact) mass is 308 g/mol. The highest BCUT2D eigenvalue weighted by atomic mass is 79.9. The summed E-state index contributed by atoms with van der Waals surface area (Å²) in [5.41, 5.74) is 1.25. The molecule has 3 atom stereocenters. The van der Waals surface area contributed by atoms with Crippen LogP contribution in [0.2, 0.25) is 0 Å². The van der Waals surface area contributed by atoms with Crippen LogP contribution in [0.4, 0.5) is 5.69 Å². The molecule has 0 spiro atoms. The van der Waals surface area contributed by atoms with E-state index in [2.05, 4.69) is 50.8 Å². The lowest BCUT2D eigenvalue weighted by Gasteiger charge is -2.27. The molecule has 3 heteroatoms. The minimum Gasteiger partial charge on any atom is -0.382 e. The molecule has 3 rings (SSSR count). The Morgan fingerprint density at radius 2 is 2.11 bits per heavy atom. The second-order valence-electron chi connectivity index (χ2n) is 5.56. The molecule has 98 valence electrons. The van der Waals surface area contributed by atoms with Gasteiger partial charge in [0.1, 0.15) is 0 Å². The van der Waals surface area contributed by atoms with E-state index in [-0.39, 0.29) is 0 Å². The molecule has 2 aliphatic rings. The average molecular weight is 309 g/mol. The zero-order valence-corrected chi connectivity index (χ0v) is 12.2. The lowest BCUT2D eigenvalue weighted by atomic mass is 9.93. The molecule has 18 heavy (non-hydrogen) atoms. The fourth-order valence-corrected chi connectivity index (χ4v) is 3.92. The van der Waals surface area contributed by atoms with Crippen LogP contribution in [0.1, 0.15) is 32.1 Å². The molecule has 1 saturated heterocycles. The predicted octanol–water partition coefficient (Wildman–Crippen LogP) is 3.78. The van der Waals surface area contributed by atoms with Gasteiger partial charge in [0.05, 0.1) is 0 Å². The standard InChI is InChI=1S/C15H21BrN2/c16-11-4-1-5-12(10-11)18-15-7-2-6-13(15)14-8-3-9-17-14/h1,4-5,10,13-15,17-18H,2-3,6-9H2. The van der Waals surface area contributed by atoms with E-state index < -0.39 is 0 Å². The Bertz CT molecular complexity index is 401. The van der Waals surface area contributed by atoms with Crippen molar-refractivity contribution in [3.05, 3.63) is 28.7 Å². The van der Waals surface area contributed by atoms with E-state index in [0.717, 1.165) is 16.4 Å². The fraction of sp³-hybridized carbons (Fsp3) is 0.600. The van der Waals surface area contributed by atoms with E-state index in [1.54, 1.807) is 0 Å². The van der Waals surface area contributed by atoms with E-state index in [9.17, 15) is 0 Å². The molecule has 1 aromatic carbocycles. The normalized spacial score (nSPS) is 31.7. The van der Waals surface area contributed by atoms with E-state index in [4.69, 9.17) is 0 Å². The van der Waals surface area contributed by atoms with Gasteiger partial charge in [-0.2, -0.15) is 0 Å². The van der Waals surface area contributed by atoms with Crippen LogP contribution in [0.15, 0.2) is 28.7 Å². The fourth-order valence-electron chi connectivity index (χ4n) is 3.52. The maximum absolute atomic E-state index is 3.74. The van der Waals surface area contributed by atoms with Gasteiger partial charge in [-0.1, -0.05) is 28.4 Å². The minimum absolute atomic E-state index is 0.648. The number of halogens is 1. The van der Waals surface area contributed by atoms with Crippen molar-refractivity contribution >= 4 is 21.6 Å². The van der Waals surface area contributed by atoms with Crippen LogP contribution in [0.3, 0.4) is 0 Å². The summed E-state index contributed by atoms with van der Waals surface area (Å²) in [7, 11) is 0. The molecule has 3 unspecified atom stereocenters. The first-order valence-electron chi connectivity index (χ1n) is 7.08. The van der Waals surface area contributed by atoms with Gasteiger partial charge in [-0.15, -0.1) is 0 Å². The first-order valence-corrected chi connectivity index (χ1v) is 7.88. The number of hydrogen-bond acceptors (Lipinski definition) is 2. The van der Waals surface area contributed by atoms with Crippen LogP contribution in [0, 0.1) is 5.92 Å². The summed E-state index contributed by atoms with van der Waals surface area (Å²) < 4.78 is 1.15. The first-order chi connectivity index (χ1) is 8.83. The smallest absolute Gasteiger partial charge is 0.0353 e. The maximum Gasteiger partial charge on any atom is 0.0353 e. The second kappa shape index (κ2) is 5.62. The highest BCUT2D eigenvalue weighted by Gasteiger charge is 2.34. The van der Waals surface area contributed by atoms with E-state index in [1.807, 2.05) is 0 Å². The van der Waals surface area contributed by atoms with Gasteiger partial charge in [-0.3, -0.25) is 0 Å². The largest absolute Gasteiger partial charge is 0.382 e. The number of anilines is 1. The van der Waals surface area contributed by atoms with Crippen molar-refractivity contribution in [2.45, 2.75) is 44.2 Å². The Labute approximate surface area is 118 Å². The number of hydrogen-bond donors (Lipinski definition) is 2. The summed E-state index contributed by atoms with van der Waals surface area (Å²) in [5.74, 6) is 0.812. The van der Waals surface area contributed by atoms with Crippen LogP contribution >= 0.6 is 15.9 Å². The van der Waals surface area contributed by atoms with Gasteiger partial charge in [0.25, 0.3) is 0 Å². The van der Waals surface area contributed by atoms with Crippen molar-refractivity contribution in [2.75, 3.05) is 11.9 Å². The van der Waals surface area contributed by atoms with E-state index >= 15 is 0 Å². The van der Waals surface area contributed by atoms with Gasteiger partial charge < -0.3 is 10.6 Å². The Morgan fingerprint density at radius 3 is 2.89 bits per heavy atom. The molecule has 1 saturated carbocycles. The van der Waals surface area contributed by atoms with Crippen LogP contribution in [0.5, 0.6) is 0 Å². The summed E-state index contributed by atoms with van der Waals surface area (Å²) in [6, 6.07) is 9.92. The number of nitrogens with one attached hydrogen (secondary N) is 2. The molecule has 1 heterocycles. The summed E-state index contributed by atoms with van der Waals surface area (Å²) in [4.78, 5) is 0. The molecule has 0 aromatic heterocycles. The molecular formula is C15H21BrN2. The Morgan fingerprint density at radius 1 is 1.17 bits per heavy atom. The molecule has 1 aromatic rings. The molecule has 0 radical (unpaired) electrons. The Hall–Kier alpha value is -0.540. The van der Waals surface area contributed by atoms with Crippen molar-refractivity contribution in [3.63, 3.8) is 0 Å². The number of rotatable bonds is 3. The summed E-state index contributed by atoms with van der Waals surface area (Å²) >= 11 is 3.54. The van der Waals surface area contributed by atoms with E-state index in [1.165, 1.54) is 44.3 Å². The highest BCUT2D eigenvalue weighted by molar-refractivity contribution is 9.10. The van der Waals surface area contributed by atoms with Crippen LogP contribution in [-0.4, -0.2) is 18.6 Å². The van der Waals surface area contributed by atoms with Gasteiger partial charge in [-0.25, -0.2) is 0 Å². The van der Waals surface area contributed by atoms with Crippen LogP contribution in [-0.2, 0) is 0 Å². The van der Waals surface area contributed by atoms with Gasteiger partial charge in [0, 0.05) is 22.2 Å². The third-order valence-corrected chi connectivity index (χ3v) is 4.85. The SMILES string of the molecule is Brc1cccc(NC2CCCC2C2CCCN2)c1. The lowest BCUT2D eigenvalue weighted by molar-refractivity contribution is 0.376. The van der Waals surface area contributed by atoms with E-state index in [0.29, 0.717) is 6.04 Å². The first kappa shape index (κ1) is 12.5. The van der Waals surface area contributed by atoms with Gasteiger partial charge in [0.2, 0.25) is 0 Å². The third-order valence-electron chi connectivity index (χ3n) is 4.36. The average Bonchev–Trinajstić information content (AvgIpc) is 2.98. The van der Waals surface area contributed by atoms with Crippen molar-refractivity contribution in [1.82, 2.24) is 5.32 Å². The van der Waals surface area contributed by atoms with Gasteiger partial charge >= 0.3 is 0 Å². The van der Waals surface area contributed by atoms with Crippen molar-refractivity contribution in [1.29, 1.82) is 0 Å². The summed E-state index contributed by atoms with van der Waals surface area (Å²) in [5, 5.41) is 7.42. The molecule has 1 aliphatic carbocycles. The zero-order chi connectivity index (χ0) is 12.4. The molecule has 0 bridgehead atoms. The van der Waals surface area contributed by atoms with Crippen molar-refractivity contribution in [2.24, 2.45) is 5.92 Å². The second-order valence-corrected chi connectivity index (χ2v) is 6.47. The number of benzene rings is 1. The molecule has 1 aliphatic heterocycles. The zero-order valence-electron chi connectivity index (χ0n) is 10.7. The third kappa shape index (κ3) is 2.72. The van der Waals surface area contributed by atoms with Gasteiger partial charge in [0.15, 0.2) is 0 Å². The molecular weight excluding hydrogens is 288 g/mol. The minimum atomic E-state index is 0.648. The molecule has 0 amide bonds. The van der Waals surface area contributed by atoms with Crippen LogP contribution in [0.25, 0.3) is 0 Å². The quantitative estimate of drug-likeness (QED) is 0.888. The lowest BCUT2D eigenvalue weighted by Crippen LogP contribution is -2.38. The summed E-state index contributed by atoms with van der Waals surface area (Å²) in [6.07, 6.45) is 6.78. The predicted molar refractivity (Wildman–Crippen MR) is 79.9 cm³/mol.